The normalized spacial score (nSPS) is 11.9. The van der Waals surface area contributed by atoms with Crippen LogP contribution in [0.4, 0.5) is 5.82 Å². The first-order chi connectivity index (χ1) is 16.7. The summed E-state index contributed by atoms with van der Waals surface area (Å²) in [5.74, 6) is 0.0193. The van der Waals surface area contributed by atoms with E-state index in [0.29, 0.717) is 11.3 Å². The number of aryl methyl sites for hydroxylation is 2. The van der Waals surface area contributed by atoms with Gasteiger partial charge in [0.25, 0.3) is 11.2 Å². The molecule has 0 atom stereocenters. The van der Waals surface area contributed by atoms with E-state index in [1.807, 2.05) is 44.2 Å². The maximum Gasteiger partial charge on any atom is 0.278 e. The molecule has 2 N–H and O–H groups in total. The van der Waals surface area contributed by atoms with Crippen LogP contribution < -0.4 is 15.9 Å². The third-order valence-electron chi connectivity index (χ3n) is 6.01. The van der Waals surface area contributed by atoms with Crippen LogP contribution in [0.1, 0.15) is 16.7 Å². The molecule has 0 unspecified atom stereocenters. The van der Waals surface area contributed by atoms with Crippen LogP contribution in [0, 0.1) is 13.8 Å². The Morgan fingerprint density at radius 1 is 1.03 bits per heavy atom. The molecule has 0 fully saturated rings. The van der Waals surface area contributed by atoms with Crippen molar-refractivity contribution in [2.24, 2.45) is 0 Å². The molecule has 0 aliphatic carbocycles. The lowest BCUT2D eigenvalue weighted by atomic mass is 10.1. The second kappa shape index (κ2) is 8.58. The van der Waals surface area contributed by atoms with Gasteiger partial charge in [0.15, 0.2) is 0 Å². The molecule has 5 rings (SSSR count). The number of hydrogen-bond acceptors (Lipinski definition) is 5. The zero-order chi connectivity index (χ0) is 24.9. The number of anilines is 1. The predicted molar refractivity (Wildman–Crippen MR) is 138 cm³/mol. The molecule has 5 aromatic rings. The van der Waals surface area contributed by atoms with Crippen LogP contribution >= 0.6 is 15.9 Å². The van der Waals surface area contributed by atoms with Gasteiger partial charge in [-0.05, 0) is 55.8 Å². The molecule has 0 aliphatic heterocycles. The standard InChI is InChI=1S/C26H21BrN4O3S/c1-16-5-7-18(8-6-16)15-31-23(28)22(35(33,34)20-11-9-19(27)10-12-20)14-21-25(31)29-24-17(2)4-3-13-30(24)26(21)32/h3-14,28H,15H2,1-2H3/p+1. The van der Waals surface area contributed by atoms with Gasteiger partial charge in [-0.3, -0.25) is 9.20 Å². The minimum atomic E-state index is -4.02. The molecule has 0 bridgehead atoms. The summed E-state index contributed by atoms with van der Waals surface area (Å²) in [5, 5.41) is 0.171. The molecule has 7 nitrogen and oxygen atoms in total. The Hall–Kier alpha value is -3.56. The quantitative estimate of drug-likeness (QED) is 0.270. The summed E-state index contributed by atoms with van der Waals surface area (Å²) in [6.07, 6.45) is 1.63. The number of fused-ring (bicyclic) bond motifs is 2. The van der Waals surface area contributed by atoms with Crippen LogP contribution in [0.3, 0.4) is 0 Å². The Balaban J connectivity index is 1.87. The van der Waals surface area contributed by atoms with Crippen LogP contribution in [-0.4, -0.2) is 17.8 Å². The van der Waals surface area contributed by atoms with E-state index in [0.717, 1.165) is 21.2 Å². The SMILES string of the molecule is Cc1ccc(C[n+]2c(N)c(S(=O)(=O)c3ccc(Br)cc3)cc3c(=O)n4cccc(C)c4nc32)cc1. The summed E-state index contributed by atoms with van der Waals surface area (Å²) in [5.41, 5.74) is 9.82. The Morgan fingerprint density at radius 3 is 2.40 bits per heavy atom. The van der Waals surface area contributed by atoms with Crippen molar-refractivity contribution in [3.05, 3.63) is 104 Å². The smallest absolute Gasteiger partial charge is 0.278 e. The number of halogens is 1. The molecule has 0 saturated heterocycles. The number of pyridine rings is 2. The van der Waals surface area contributed by atoms with Gasteiger partial charge in [-0.1, -0.05) is 56.8 Å². The molecular weight excluding hydrogens is 528 g/mol. The van der Waals surface area contributed by atoms with E-state index in [-0.39, 0.29) is 33.1 Å². The van der Waals surface area contributed by atoms with Gasteiger partial charge in [-0.15, -0.1) is 0 Å². The Bertz CT molecular complexity index is 1780. The highest BCUT2D eigenvalue weighted by Crippen LogP contribution is 2.27. The zero-order valence-electron chi connectivity index (χ0n) is 19.1. The van der Waals surface area contributed by atoms with E-state index in [9.17, 15) is 13.2 Å². The fourth-order valence-corrected chi connectivity index (χ4v) is 5.75. The van der Waals surface area contributed by atoms with Crippen LogP contribution in [-0.2, 0) is 16.4 Å². The Morgan fingerprint density at radius 2 is 1.71 bits per heavy atom. The van der Waals surface area contributed by atoms with Gasteiger partial charge < -0.3 is 5.73 Å². The maximum absolute atomic E-state index is 13.7. The molecule has 0 spiro atoms. The van der Waals surface area contributed by atoms with Crippen molar-refractivity contribution in [1.82, 2.24) is 9.38 Å². The fourth-order valence-electron chi connectivity index (χ4n) is 4.08. The van der Waals surface area contributed by atoms with Crippen LogP contribution in [0.15, 0.2) is 92.0 Å². The number of sulfone groups is 1. The van der Waals surface area contributed by atoms with E-state index in [1.165, 1.54) is 22.6 Å². The number of nitrogens with zero attached hydrogens (tertiary/aromatic N) is 3. The third-order valence-corrected chi connectivity index (χ3v) is 8.34. The van der Waals surface area contributed by atoms with Crippen molar-refractivity contribution in [1.29, 1.82) is 0 Å². The number of nitrogens with two attached hydrogens (primary N) is 1. The first-order valence-corrected chi connectivity index (χ1v) is 13.1. The maximum atomic E-state index is 13.7. The molecule has 3 heterocycles. The molecule has 0 saturated carbocycles. The van der Waals surface area contributed by atoms with Gasteiger partial charge in [0.1, 0.15) is 10.3 Å². The average Bonchev–Trinajstić information content (AvgIpc) is 2.83. The molecule has 35 heavy (non-hydrogen) atoms. The summed E-state index contributed by atoms with van der Waals surface area (Å²) < 4.78 is 31.1. The highest BCUT2D eigenvalue weighted by Gasteiger charge is 2.29. The van der Waals surface area contributed by atoms with Gasteiger partial charge in [0, 0.05) is 16.2 Å². The summed E-state index contributed by atoms with van der Waals surface area (Å²) in [6, 6.07) is 19.1. The van der Waals surface area contributed by atoms with Gasteiger partial charge in [0.2, 0.25) is 21.3 Å². The van der Waals surface area contributed by atoms with E-state index < -0.39 is 9.84 Å². The first-order valence-electron chi connectivity index (χ1n) is 10.9. The largest absolute Gasteiger partial charge is 0.317 e. The van der Waals surface area contributed by atoms with E-state index >= 15 is 0 Å². The van der Waals surface area contributed by atoms with Crippen molar-refractivity contribution in [2.75, 3.05) is 5.73 Å². The lowest BCUT2D eigenvalue weighted by molar-refractivity contribution is -0.651. The summed E-state index contributed by atoms with van der Waals surface area (Å²) in [6.45, 7) is 4.11. The van der Waals surface area contributed by atoms with E-state index in [4.69, 9.17) is 10.7 Å². The van der Waals surface area contributed by atoms with E-state index in [1.54, 1.807) is 29.0 Å². The van der Waals surface area contributed by atoms with Crippen LogP contribution in [0.2, 0.25) is 0 Å². The number of rotatable bonds is 4. The fraction of sp³-hybridized carbons (Fsp3) is 0.115. The minimum absolute atomic E-state index is 0.0193. The molecule has 9 heteroatoms. The predicted octanol–water partition coefficient (Wildman–Crippen LogP) is 3.98. The van der Waals surface area contributed by atoms with Crippen LogP contribution in [0.5, 0.6) is 0 Å². The molecular formula is C26H22BrN4O3S+. The Labute approximate surface area is 210 Å². The summed E-state index contributed by atoms with van der Waals surface area (Å²) >= 11 is 3.33. The number of hydrogen-bond donors (Lipinski definition) is 1. The van der Waals surface area contributed by atoms with Crippen molar-refractivity contribution in [3.8, 4) is 0 Å². The number of nitrogen functional groups attached to an aromatic ring is 1. The monoisotopic (exact) mass is 549 g/mol. The van der Waals surface area contributed by atoms with Gasteiger partial charge >= 0.3 is 0 Å². The highest BCUT2D eigenvalue weighted by atomic mass is 79.9. The van der Waals surface area contributed by atoms with Crippen molar-refractivity contribution >= 4 is 48.3 Å². The first kappa shape index (κ1) is 23.2. The summed E-state index contributed by atoms with van der Waals surface area (Å²) in [7, 11) is -4.02. The molecule has 176 valence electrons. The molecule has 0 amide bonds. The topological polar surface area (TPSA) is 98.4 Å². The molecule has 3 aromatic heterocycles. The van der Waals surface area contributed by atoms with Crippen molar-refractivity contribution in [3.63, 3.8) is 0 Å². The van der Waals surface area contributed by atoms with Crippen molar-refractivity contribution in [2.45, 2.75) is 30.2 Å². The zero-order valence-corrected chi connectivity index (χ0v) is 21.5. The second-order valence-electron chi connectivity index (χ2n) is 8.46. The highest BCUT2D eigenvalue weighted by molar-refractivity contribution is 9.10. The second-order valence-corrected chi connectivity index (χ2v) is 11.3. The van der Waals surface area contributed by atoms with Gasteiger partial charge in [-0.2, -0.15) is 0 Å². The lowest BCUT2D eigenvalue weighted by Crippen LogP contribution is -2.42. The number of aromatic nitrogens is 3. The van der Waals surface area contributed by atoms with E-state index in [2.05, 4.69) is 15.9 Å². The van der Waals surface area contributed by atoms with Gasteiger partial charge in [0.05, 0.1) is 11.4 Å². The van der Waals surface area contributed by atoms with Gasteiger partial charge in [-0.25, -0.2) is 13.0 Å². The van der Waals surface area contributed by atoms with Crippen molar-refractivity contribution < 1.29 is 13.0 Å². The number of benzene rings is 2. The van der Waals surface area contributed by atoms with Crippen LogP contribution in [0.25, 0.3) is 16.7 Å². The third kappa shape index (κ3) is 4.00. The summed E-state index contributed by atoms with van der Waals surface area (Å²) in [4.78, 5) is 18.2. The molecule has 0 aliphatic rings. The minimum Gasteiger partial charge on any atom is -0.317 e. The average molecular weight is 550 g/mol. The Kier molecular flexibility index (Phi) is 5.69. The molecule has 0 radical (unpaired) electrons. The molecule has 2 aromatic carbocycles. The lowest BCUT2D eigenvalue weighted by Gasteiger charge is -2.13.